The van der Waals surface area contributed by atoms with E-state index in [9.17, 15) is 4.79 Å². The molecule has 2 heterocycles. The van der Waals surface area contributed by atoms with E-state index >= 15 is 0 Å². The molecule has 1 atom stereocenters. The Kier molecular flexibility index (Phi) is 6.81. The first-order chi connectivity index (χ1) is 15.7. The van der Waals surface area contributed by atoms with Crippen molar-refractivity contribution in [1.82, 2.24) is 5.01 Å². The molecule has 1 aliphatic rings. The summed E-state index contributed by atoms with van der Waals surface area (Å²) in [7, 11) is 3.18. The molecule has 3 aromatic rings. The summed E-state index contributed by atoms with van der Waals surface area (Å²) in [5, 5.41) is 12.0. The van der Waals surface area contributed by atoms with Gasteiger partial charge in [-0.15, -0.1) is 11.3 Å². The van der Waals surface area contributed by atoms with Gasteiger partial charge in [0.1, 0.15) is 0 Å². The molecule has 1 aliphatic heterocycles. The predicted octanol–water partition coefficient (Wildman–Crippen LogP) is 4.49. The third-order valence-corrected chi connectivity index (χ3v) is 5.95. The number of hydrogen-bond donors (Lipinski definition) is 0. The lowest BCUT2D eigenvalue weighted by Crippen LogP contribution is -2.30. The molecule has 0 saturated heterocycles. The fraction of sp³-hybridized carbons (Fsp3) is 0.208. The van der Waals surface area contributed by atoms with E-state index in [2.05, 4.69) is 10.3 Å². The maximum absolute atomic E-state index is 13.0. The highest BCUT2D eigenvalue weighted by molar-refractivity contribution is 7.12. The highest BCUT2D eigenvalue weighted by atomic mass is 32.1. The zero-order valence-corrected chi connectivity index (χ0v) is 18.6. The third kappa shape index (κ3) is 4.81. The number of rotatable bonds is 8. The first-order valence-electron chi connectivity index (χ1n) is 10.1. The van der Waals surface area contributed by atoms with Crippen LogP contribution in [0, 0.1) is 0 Å². The first-order valence-corrected chi connectivity index (χ1v) is 10.9. The van der Waals surface area contributed by atoms with E-state index in [4.69, 9.17) is 14.3 Å². The van der Waals surface area contributed by atoms with Gasteiger partial charge in [-0.05, 0) is 34.7 Å². The number of nitrogens with zero attached hydrogens (tertiary/aromatic N) is 3. The molecule has 0 N–H and O–H groups in total. The average molecular weight is 450 g/mol. The molecule has 0 saturated carbocycles. The second-order valence-electron chi connectivity index (χ2n) is 7.02. The SMILES string of the molecule is COc1ccc(C2CC(c3cccs3)=NN2C(=O)CO/N=C/c2ccccc2)cc1OC. The minimum atomic E-state index is -0.277. The largest absolute Gasteiger partial charge is 0.493 e. The van der Waals surface area contributed by atoms with Crippen molar-refractivity contribution in [2.75, 3.05) is 20.8 Å². The van der Waals surface area contributed by atoms with Gasteiger partial charge in [-0.1, -0.05) is 47.6 Å². The molecule has 0 bridgehead atoms. The van der Waals surface area contributed by atoms with Gasteiger partial charge < -0.3 is 14.3 Å². The van der Waals surface area contributed by atoms with E-state index in [-0.39, 0.29) is 18.6 Å². The number of methoxy groups -OCH3 is 2. The summed E-state index contributed by atoms with van der Waals surface area (Å²) in [6.07, 6.45) is 2.17. The standard InChI is InChI=1S/C24H23N3O4S/c1-29-21-11-10-18(13-22(21)30-2)20-14-19(23-9-6-12-32-23)26-27(20)24(28)16-31-25-15-17-7-4-3-5-8-17/h3-13,15,20H,14,16H2,1-2H3/b25-15+. The lowest BCUT2D eigenvalue weighted by Gasteiger charge is -2.22. The van der Waals surface area contributed by atoms with Gasteiger partial charge in [0, 0.05) is 6.42 Å². The Bertz CT molecular complexity index is 1110. The number of thiophene rings is 1. The minimum Gasteiger partial charge on any atom is -0.493 e. The summed E-state index contributed by atoms with van der Waals surface area (Å²) in [6.45, 7) is -0.214. The van der Waals surface area contributed by atoms with Crippen molar-refractivity contribution in [3.8, 4) is 11.5 Å². The molecule has 0 aliphatic carbocycles. The molecule has 32 heavy (non-hydrogen) atoms. The summed E-state index contributed by atoms with van der Waals surface area (Å²) in [6, 6.07) is 18.9. The van der Waals surface area contributed by atoms with Crippen LogP contribution >= 0.6 is 11.3 Å². The Morgan fingerprint density at radius 3 is 2.66 bits per heavy atom. The topological polar surface area (TPSA) is 72.7 Å². The van der Waals surface area contributed by atoms with Gasteiger partial charge >= 0.3 is 0 Å². The maximum Gasteiger partial charge on any atom is 0.283 e. The molecule has 1 unspecified atom stereocenters. The van der Waals surface area contributed by atoms with Gasteiger partial charge in [0.25, 0.3) is 5.91 Å². The quantitative estimate of drug-likeness (QED) is 0.375. The second kappa shape index (κ2) is 10.1. The number of ether oxygens (including phenoxy) is 2. The molecule has 0 spiro atoms. The monoisotopic (exact) mass is 449 g/mol. The molecule has 1 aromatic heterocycles. The molecule has 8 heteroatoms. The summed E-state index contributed by atoms with van der Waals surface area (Å²) >= 11 is 1.60. The molecule has 7 nitrogen and oxygen atoms in total. The number of carbonyl (C=O) groups is 1. The van der Waals surface area contributed by atoms with E-state index in [0.717, 1.165) is 21.7 Å². The number of hydrazone groups is 1. The number of hydrogen-bond acceptors (Lipinski definition) is 7. The highest BCUT2D eigenvalue weighted by Crippen LogP contribution is 2.37. The Morgan fingerprint density at radius 2 is 1.94 bits per heavy atom. The number of benzene rings is 2. The molecular formula is C24H23N3O4S. The molecule has 0 fully saturated rings. The van der Waals surface area contributed by atoms with Gasteiger partial charge in [-0.3, -0.25) is 4.79 Å². The fourth-order valence-corrected chi connectivity index (χ4v) is 4.17. The van der Waals surface area contributed by atoms with E-state index in [1.165, 1.54) is 5.01 Å². The van der Waals surface area contributed by atoms with Crippen molar-refractivity contribution < 1.29 is 19.1 Å². The normalized spacial score (nSPS) is 15.6. The summed E-state index contributed by atoms with van der Waals surface area (Å²) in [5.41, 5.74) is 2.65. The summed E-state index contributed by atoms with van der Waals surface area (Å²) in [5.74, 6) is 0.956. The highest BCUT2D eigenvalue weighted by Gasteiger charge is 2.34. The number of carbonyl (C=O) groups excluding carboxylic acids is 1. The molecule has 164 valence electrons. The number of oxime groups is 1. The second-order valence-corrected chi connectivity index (χ2v) is 7.96. The zero-order chi connectivity index (χ0) is 22.3. The van der Waals surface area contributed by atoms with Crippen LogP contribution in [0.1, 0.15) is 28.5 Å². The molecule has 0 radical (unpaired) electrons. The van der Waals surface area contributed by atoms with E-state index in [0.29, 0.717) is 17.9 Å². The average Bonchev–Trinajstić information content (AvgIpc) is 3.52. The van der Waals surface area contributed by atoms with Crippen molar-refractivity contribution in [3.63, 3.8) is 0 Å². The fourth-order valence-electron chi connectivity index (χ4n) is 3.45. The Hall–Kier alpha value is -3.65. The van der Waals surface area contributed by atoms with E-state index in [1.807, 2.05) is 66.0 Å². The van der Waals surface area contributed by atoms with Crippen LogP contribution in [-0.4, -0.2) is 43.7 Å². The predicted molar refractivity (Wildman–Crippen MR) is 125 cm³/mol. The van der Waals surface area contributed by atoms with Gasteiger partial charge in [0.15, 0.2) is 18.1 Å². The van der Waals surface area contributed by atoms with Crippen LogP contribution in [0.4, 0.5) is 0 Å². The lowest BCUT2D eigenvalue weighted by atomic mass is 10.0. The molecule has 1 amide bonds. The van der Waals surface area contributed by atoms with Crippen molar-refractivity contribution in [2.24, 2.45) is 10.3 Å². The van der Waals surface area contributed by atoms with Crippen LogP contribution in [0.5, 0.6) is 11.5 Å². The zero-order valence-electron chi connectivity index (χ0n) is 17.8. The molecular weight excluding hydrogens is 426 g/mol. The summed E-state index contributed by atoms with van der Waals surface area (Å²) < 4.78 is 10.8. The van der Waals surface area contributed by atoms with Gasteiger partial charge in [0.05, 0.1) is 37.1 Å². The van der Waals surface area contributed by atoms with Crippen molar-refractivity contribution in [1.29, 1.82) is 0 Å². The minimum absolute atomic E-state index is 0.214. The Morgan fingerprint density at radius 1 is 1.12 bits per heavy atom. The first kappa shape index (κ1) is 21.6. The smallest absolute Gasteiger partial charge is 0.283 e. The number of amides is 1. The molecule has 4 rings (SSSR count). The van der Waals surface area contributed by atoms with Gasteiger partial charge in [-0.2, -0.15) is 5.10 Å². The van der Waals surface area contributed by atoms with Crippen LogP contribution in [0.2, 0.25) is 0 Å². The van der Waals surface area contributed by atoms with E-state index in [1.54, 1.807) is 31.8 Å². The van der Waals surface area contributed by atoms with Crippen LogP contribution in [0.3, 0.4) is 0 Å². The van der Waals surface area contributed by atoms with Crippen molar-refractivity contribution in [3.05, 3.63) is 82.0 Å². The van der Waals surface area contributed by atoms with Crippen LogP contribution in [-0.2, 0) is 9.63 Å². The van der Waals surface area contributed by atoms with Crippen molar-refractivity contribution in [2.45, 2.75) is 12.5 Å². The Labute approximate surface area is 190 Å². The van der Waals surface area contributed by atoms with Crippen LogP contribution < -0.4 is 9.47 Å². The van der Waals surface area contributed by atoms with Crippen molar-refractivity contribution >= 4 is 29.2 Å². The van der Waals surface area contributed by atoms with Gasteiger partial charge in [0.2, 0.25) is 0 Å². The third-order valence-electron chi connectivity index (χ3n) is 5.03. The Balaban J connectivity index is 1.53. The van der Waals surface area contributed by atoms with Crippen LogP contribution in [0.25, 0.3) is 0 Å². The van der Waals surface area contributed by atoms with Crippen LogP contribution in [0.15, 0.2) is 76.3 Å². The lowest BCUT2D eigenvalue weighted by molar-refractivity contribution is -0.137. The molecule has 2 aromatic carbocycles. The maximum atomic E-state index is 13.0. The van der Waals surface area contributed by atoms with Gasteiger partial charge in [-0.25, -0.2) is 5.01 Å². The summed E-state index contributed by atoms with van der Waals surface area (Å²) in [4.78, 5) is 19.3. The van der Waals surface area contributed by atoms with E-state index < -0.39 is 0 Å².